The summed E-state index contributed by atoms with van der Waals surface area (Å²) >= 11 is 0. The number of nitrogens with zero attached hydrogens (tertiary/aromatic N) is 4. The topological polar surface area (TPSA) is 96.6 Å². The zero-order valence-electron chi connectivity index (χ0n) is 11.7. The maximum absolute atomic E-state index is 12.2. The zero-order valence-corrected chi connectivity index (χ0v) is 12.6. The lowest BCUT2D eigenvalue weighted by molar-refractivity contribution is 0.0656. The molecule has 1 aromatic rings. The highest BCUT2D eigenvalue weighted by Gasteiger charge is 2.29. The summed E-state index contributed by atoms with van der Waals surface area (Å²) in [6, 6.07) is 0. The van der Waals surface area contributed by atoms with Gasteiger partial charge in [0.1, 0.15) is 0 Å². The largest absolute Gasteiger partial charge is 0.417 e. The van der Waals surface area contributed by atoms with E-state index in [4.69, 9.17) is 4.42 Å². The van der Waals surface area contributed by atoms with Gasteiger partial charge in [0.2, 0.25) is 15.9 Å². The van der Waals surface area contributed by atoms with Gasteiger partial charge in [0.25, 0.3) is 0 Å². The van der Waals surface area contributed by atoms with Crippen LogP contribution in [-0.4, -0.2) is 66.2 Å². The van der Waals surface area contributed by atoms with Crippen LogP contribution < -0.4 is 0 Å². The normalized spacial score (nSPS) is 17.7. The zero-order chi connectivity index (χ0) is 14.9. The van der Waals surface area contributed by atoms with Crippen LogP contribution in [-0.2, 0) is 10.0 Å². The Morgan fingerprint density at radius 1 is 1.20 bits per heavy atom. The third kappa shape index (κ3) is 3.15. The second-order valence-corrected chi connectivity index (χ2v) is 7.04. The number of rotatable bonds is 3. The molecule has 8 nitrogen and oxygen atoms in total. The number of aromatic nitrogens is 2. The van der Waals surface area contributed by atoms with Gasteiger partial charge in [-0.3, -0.25) is 4.79 Å². The molecule has 1 aliphatic rings. The molecule has 0 radical (unpaired) electrons. The van der Waals surface area contributed by atoms with E-state index in [1.165, 1.54) is 9.21 Å². The molecule has 0 bridgehead atoms. The van der Waals surface area contributed by atoms with Gasteiger partial charge in [-0.25, -0.2) is 8.42 Å². The van der Waals surface area contributed by atoms with E-state index >= 15 is 0 Å². The van der Waals surface area contributed by atoms with Crippen molar-refractivity contribution in [2.75, 3.05) is 32.4 Å². The average molecular weight is 302 g/mol. The Hall–Kier alpha value is -1.48. The van der Waals surface area contributed by atoms with Crippen molar-refractivity contribution in [2.24, 2.45) is 0 Å². The van der Waals surface area contributed by atoms with Gasteiger partial charge in [-0.15, -0.1) is 10.2 Å². The van der Waals surface area contributed by atoms with E-state index in [0.29, 0.717) is 19.0 Å². The minimum absolute atomic E-state index is 0.0403. The lowest BCUT2D eigenvalue weighted by Crippen LogP contribution is -2.50. The third-order valence-electron chi connectivity index (χ3n) is 3.11. The average Bonchev–Trinajstić information content (AvgIpc) is 2.86. The number of piperazine rings is 1. The van der Waals surface area contributed by atoms with Crippen LogP contribution in [0.4, 0.5) is 0 Å². The van der Waals surface area contributed by atoms with E-state index in [2.05, 4.69) is 10.2 Å². The molecule has 9 heteroatoms. The monoisotopic (exact) mass is 302 g/mol. The minimum atomic E-state index is -3.20. The standard InChI is InChI=1S/C11H18N4O4S/c1-8(2)9-12-13-10(19-9)11(16)14-4-6-15(7-5-14)20(3,17)18/h8H,4-7H2,1-3H3. The van der Waals surface area contributed by atoms with Gasteiger partial charge in [0.05, 0.1) is 6.26 Å². The van der Waals surface area contributed by atoms with Crippen molar-refractivity contribution in [3.05, 3.63) is 11.8 Å². The summed E-state index contributed by atoms with van der Waals surface area (Å²) < 4.78 is 29.4. The molecule has 1 fully saturated rings. The Morgan fingerprint density at radius 2 is 1.80 bits per heavy atom. The van der Waals surface area contributed by atoms with E-state index in [-0.39, 0.29) is 30.8 Å². The Kier molecular flexibility index (Phi) is 4.09. The van der Waals surface area contributed by atoms with Gasteiger partial charge in [-0.2, -0.15) is 4.31 Å². The summed E-state index contributed by atoms with van der Waals surface area (Å²) in [4.78, 5) is 13.7. The van der Waals surface area contributed by atoms with Gasteiger partial charge in [-0.05, 0) is 0 Å². The maximum Gasteiger partial charge on any atom is 0.311 e. The SMILES string of the molecule is CC(C)c1nnc(C(=O)N2CCN(S(C)(=O)=O)CC2)o1. The van der Waals surface area contributed by atoms with Gasteiger partial charge in [0, 0.05) is 32.1 Å². The molecule has 2 rings (SSSR count). The minimum Gasteiger partial charge on any atom is -0.417 e. The van der Waals surface area contributed by atoms with Crippen LogP contribution >= 0.6 is 0 Å². The Bertz CT molecular complexity index is 587. The summed E-state index contributed by atoms with van der Waals surface area (Å²) in [5.41, 5.74) is 0. The summed E-state index contributed by atoms with van der Waals surface area (Å²) in [5.74, 6) is 0.0910. The van der Waals surface area contributed by atoms with Crippen molar-refractivity contribution in [3.63, 3.8) is 0 Å². The fraction of sp³-hybridized carbons (Fsp3) is 0.727. The Balaban J connectivity index is 2.01. The van der Waals surface area contributed by atoms with Crippen LogP contribution in [0, 0.1) is 0 Å². The van der Waals surface area contributed by atoms with E-state index < -0.39 is 10.0 Å². The van der Waals surface area contributed by atoms with Crippen LogP contribution in [0.25, 0.3) is 0 Å². The molecule has 0 saturated carbocycles. The van der Waals surface area contributed by atoms with Crippen LogP contribution in [0.15, 0.2) is 4.42 Å². The van der Waals surface area contributed by atoms with E-state index in [1.807, 2.05) is 13.8 Å². The fourth-order valence-electron chi connectivity index (χ4n) is 1.91. The first kappa shape index (κ1) is 14.9. The lowest BCUT2D eigenvalue weighted by Gasteiger charge is -2.32. The Morgan fingerprint density at radius 3 is 2.25 bits per heavy atom. The Labute approximate surface area is 117 Å². The molecular formula is C11H18N4O4S. The first-order chi connectivity index (χ1) is 9.29. The summed E-state index contributed by atoms with van der Waals surface area (Å²) in [7, 11) is -3.20. The van der Waals surface area contributed by atoms with Gasteiger partial charge >= 0.3 is 11.8 Å². The molecule has 112 valence electrons. The molecular weight excluding hydrogens is 284 g/mol. The number of carbonyl (C=O) groups is 1. The molecule has 2 heterocycles. The number of sulfonamides is 1. The van der Waals surface area contributed by atoms with E-state index in [9.17, 15) is 13.2 Å². The fourth-order valence-corrected chi connectivity index (χ4v) is 2.74. The molecule has 0 unspecified atom stereocenters. The summed E-state index contributed by atoms with van der Waals surface area (Å²) in [5, 5.41) is 7.56. The third-order valence-corrected chi connectivity index (χ3v) is 4.42. The molecule has 1 amide bonds. The molecule has 0 atom stereocenters. The van der Waals surface area contributed by atoms with Crippen LogP contribution in [0.3, 0.4) is 0 Å². The van der Waals surface area contributed by atoms with Gasteiger partial charge < -0.3 is 9.32 Å². The number of amides is 1. The van der Waals surface area contributed by atoms with Crippen LogP contribution in [0.1, 0.15) is 36.3 Å². The van der Waals surface area contributed by atoms with Gasteiger partial charge in [-0.1, -0.05) is 13.8 Å². The van der Waals surface area contributed by atoms with E-state index in [1.54, 1.807) is 0 Å². The molecule has 0 aliphatic carbocycles. The maximum atomic E-state index is 12.2. The van der Waals surface area contributed by atoms with Crippen molar-refractivity contribution in [2.45, 2.75) is 19.8 Å². The first-order valence-electron chi connectivity index (χ1n) is 6.37. The van der Waals surface area contributed by atoms with Crippen molar-refractivity contribution in [1.29, 1.82) is 0 Å². The second kappa shape index (κ2) is 5.49. The first-order valence-corrected chi connectivity index (χ1v) is 8.21. The van der Waals surface area contributed by atoms with Crippen molar-refractivity contribution < 1.29 is 17.6 Å². The smallest absolute Gasteiger partial charge is 0.311 e. The van der Waals surface area contributed by atoms with Crippen molar-refractivity contribution in [3.8, 4) is 0 Å². The molecule has 1 aliphatic heterocycles. The molecule has 20 heavy (non-hydrogen) atoms. The predicted octanol–water partition coefficient (Wildman–Crippen LogP) is -0.0896. The summed E-state index contributed by atoms with van der Waals surface area (Å²) in [6.45, 7) is 5.02. The summed E-state index contributed by atoms with van der Waals surface area (Å²) in [6.07, 6.45) is 1.16. The molecule has 0 spiro atoms. The highest BCUT2D eigenvalue weighted by Crippen LogP contribution is 2.14. The molecule has 0 N–H and O–H groups in total. The molecule has 1 saturated heterocycles. The quantitative estimate of drug-likeness (QED) is 0.774. The van der Waals surface area contributed by atoms with Crippen LogP contribution in [0.5, 0.6) is 0 Å². The number of hydrogen-bond acceptors (Lipinski definition) is 6. The highest BCUT2D eigenvalue weighted by molar-refractivity contribution is 7.88. The van der Waals surface area contributed by atoms with Crippen molar-refractivity contribution >= 4 is 15.9 Å². The van der Waals surface area contributed by atoms with E-state index in [0.717, 1.165) is 6.26 Å². The van der Waals surface area contributed by atoms with Crippen molar-refractivity contribution in [1.82, 2.24) is 19.4 Å². The van der Waals surface area contributed by atoms with Crippen LogP contribution in [0.2, 0.25) is 0 Å². The second-order valence-electron chi connectivity index (χ2n) is 5.05. The number of hydrogen-bond donors (Lipinski definition) is 0. The highest BCUT2D eigenvalue weighted by atomic mass is 32.2. The molecule has 0 aromatic carbocycles. The number of carbonyl (C=O) groups excluding carboxylic acids is 1. The van der Waals surface area contributed by atoms with Gasteiger partial charge in [0.15, 0.2) is 0 Å². The predicted molar refractivity (Wildman–Crippen MR) is 70.7 cm³/mol. The lowest BCUT2D eigenvalue weighted by atomic mass is 10.2. The molecule has 1 aromatic heterocycles.